The first-order valence-electron chi connectivity index (χ1n) is 11.0. The van der Waals surface area contributed by atoms with E-state index in [4.69, 9.17) is 4.98 Å². The summed E-state index contributed by atoms with van der Waals surface area (Å²) in [5.41, 5.74) is 2.41. The Morgan fingerprint density at radius 1 is 0.970 bits per heavy atom. The maximum absolute atomic E-state index is 13.1. The summed E-state index contributed by atoms with van der Waals surface area (Å²) in [5, 5.41) is 12.1. The van der Waals surface area contributed by atoms with Crippen LogP contribution in [0.4, 0.5) is 5.95 Å². The number of fused-ring (bicyclic) bond motifs is 3. The highest BCUT2D eigenvalue weighted by molar-refractivity contribution is 7.13. The molecule has 1 saturated heterocycles. The van der Waals surface area contributed by atoms with Crippen LogP contribution in [-0.4, -0.2) is 56.1 Å². The molecular weight excluding hydrogens is 432 g/mol. The normalized spacial score (nSPS) is 16.6. The van der Waals surface area contributed by atoms with Crippen molar-refractivity contribution in [2.45, 2.75) is 13.0 Å². The second-order valence-electron chi connectivity index (χ2n) is 8.25. The van der Waals surface area contributed by atoms with Gasteiger partial charge in [-0.2, -0.15) is 0 Å². The van der Waals surface area contributed by atoms with E-state index in [0.29, 0.717) is 19.6 Å². The van der Waals surface area contributed by atoms with Gasteiger partial charge in [0.15, 0.2) is 11.5 Å². The molecule has 5 aromatic rings. The molecule has 0 aliphatic carbocycles. The summed E-state index contributed by atoms with van der Waals surface area (Å²) in [6.07, 6.45) is 0. The van der Waals surface area contributed by atoms with Gasteiger partial charge in [0.1, 0.15) is 0 Å². The maximum Gasteiger partial charge on any atom is 0.254 e. The molecule has 1 atom stereocenters. The van der Waals surface area contributed by atoms with Gasteiger partial charge in [0.25, 0.3) is 5.91 Å². The Morgan fingerprint density at radius 3 is 2.58 bits per heavy atom. The van der Waals surface area contributed by atoms with E-state index in [1.54, 1.807) is 11.3 Å². The van der Waals surface area contributed by atoms with Crippen LogP contribution in [0.5, 0.6) is 0 Å². The van der Waals surface area contributed by atoms with Gasteiger partial charge in [0.05, 0.1) is 10.4 Å². The predicted octanol–water partition coefficient (Wildman–Crippen LogP) is 4.36. The lowest BCUT2D eigenvalue weighted by Crippen LogP contribution is -2.54. The van der Waals surface area contributed by atoms with Crippen LogP contribution in [-0.2, 0) is 0 Å². The van der Waals surface area contributed by atoms with Crippen molar-refractivity contribution in [1.29, 1.82) is 0 Å². The number of thiophene rings is 1. The molecule has 164 valence electrons. The van der Waals surface area contributed by atoms with Crippen LogP contribution >= 0.6 is 11.3 Å². The molecule has 8 heteroatoms. The van der Waals surface area contributed by atoms with Gasteiger partial charge >= 0.3 is 0 Å². The van der Waals surface area contributed by atoms with E-state index in [2.05, 4.69) is 32.5 Å². The Bertz CT molecular complexity index is 1450. The number of rotatable bonds is 3. The summed E-state index contributed by atoms with van der Waals surface area (Å²) in [4.78, 5) is 23.4. The molecule has 0 spiro atoms. The number of carbonyl (C=O) groups excluding carboxylic acids is 1. The summed E-state index contributed by atoms with van der Waals surface area (Å²) in [7, 11) is 0. The van der Waals surface area contributed by atoms with Crippen LogP contribution in [0, 0.1) is 0 Å². The van der Waals surface area contributed by atoms with Crippen LogP contribution in [0.3, 0.4) is 0 Å². The first-order valence-corrected chi connectivity index (χ1v) is 11.9. The molecule has 0 N–H and O–H groups in total. The number of amides is 1. The average molecular weight is 455 g/mol. The number of anilines is 1. The molecule has 0 unspecified atom stereocenters. The quantitative estimate of drug-likeness (QED) is 0.405. The Kier molecular flexibility index (Phi) is 4.80. The zero-order chi connectivity index (χ0) is 22.4. The highest BCUT2D eigenvalue weighted by atomic mass is 32.1. The van der Waals surface area contributed by atoms with E-state index >= 15 is 0 Å². The van der Waals surface area contributed by atoms with Crippen molar-refractivity contribution in [1.82, 2.24) is 24.5 Å². The molecule has 7 nitrogen and oxygen atoms in total. The lowest BCUT2D eigenvalue weighted by atomic mass is 10.1. The first-order chi connectivity index (χ1) is 16.2. The van der Waals surface area contributed by atoms with Gasteiger partial charge in [0.2, 0.25) is 5.95 Å². The van der Waals surface area contributed by atoms with E-state index in [-0.39, 0.29) is 11.9 Å². The van der Waals surface area contributed by atoms with Gasteiger partial charge in [-0.3, -0.25) is 4.79 Å². The molecule has 1 fully saturated rings. The number of para-hydroxylation sites is 1. The number of benzene rings is 2. The second-order valence-corrected chi connectivity index (χ2v) is 9.20. The zero-order valence-corrected chi connectivity index (χ0v) is 18.9. The zero-order valence-electron chi connectivity index (χ0n) is 18.1. The van der Waals surface area contributed by atoms with Crippen molar-refractivity contribution >= 4 is 39.7 Å². The molecule has 0 saturated carbocycles. The van der Waals surface area contributed by atoms with Crippen molar-refractivity contribution in [3.05, 3.63) is 77.7 Å². The van der Waals surface area contributed by atoms with E-state index in [0.717, 1.165) is 38.8 Å². The summed E-state index contributed by atoms with van der Waals surface area (Å²) < 4.78 is 2.07. The first kappa shape index (κ1) is 19.9. The van der Waals surface area contributed by atoms with Crippen molar-refractivity contribution in [3.8, 4) is 10.7 Å². The fraction of sp³-hybridized carbons (Fsp3) is 0.200. The van der Waals surface area contributed by atoms with E-state index < -0.39 is 0 Å². The lowest BCUT2D eigenvalue weighted by molar-refractivity contribution is 0.0673. The van der Waals surface area contributed by atoms with Crippen LogP contribution in [0.15, 0.2) is 72.1 Å². The van der Waals surface area contributed by atoms with Crippen molar-refractivity contribution < 1.29 is 4.79 Å². The summed E-state index contributed by atoms with van der Waals surface area (Å²) in [6.45, 7) is 4.09. The second kappa shape index (κ2) is 7.97. The van der Waals surface area contributed by atoms with Gasteiger partial charge < -0.3 is 9.80 Å². The Morgan fingerprint density at radius 2 is 1.79 bits per heavy atom. The predicted molar refractivity (Wildman–Crippen MR) is 131 cm³/mol. The molecule has 33 heavy (non-hydrogen) atoms. The fourth-order valence-electron chi connectivity index (χ4n) is 4.53. The molecule has 1 aliphatic rings. The Hall–Kier alpha value is -3.78. The van der Waals surface area contributed by atoms with Crippen molar-refractivity contribution in [2.75, 3.05) is 24.5 Å². The van der Waals surface area contributed by atoms with Gasteiger partial charge in [-0.15, -0.1) is 21.5 Å². The van der Waals surface area contributed by atoms with Gasteiger partial charge in [0, 0.05) is 36.6 Å². The highest BCUT2D eigenvalue weighted by Crippen LogP contribution is 2.31. The molecule has 4 heterocycles. The van der Waals surface area contributed by atoms with Crippen molar-refractivity contribution in [2.24, 2.45) is 0 Å². The third-order valence-electron chi connectivity index (χ3n) is 6.16. The van der Waals surface area contributed by atoms with E-state index in [1.165, 1.54) is 0 Å². The number of aromatic nitrogens is 4. The summed E-state index contributed by atoms with van der Waals surface area (Å²) in [6, 6.07) is 21.6. The molecule has 1 aliphatic heterocycles. The smallest absolute Gasteiger partial charge is 0.254 e. The minimum absolute atomic E-state index is 0.0384. The number of carbonyl (C=O) groups is 1. The standard InChI is InChI=1S/C25H22N6OS/c1-17-16-29(13-14-30(17)24(32)18-8-3-2-4-9-18)25-26-20-11-6-5-10-19(20)22-27-28-23(31(22)25)21-12-7-15-33-21/h2-12,15,17H,13-14,16H2,1H3/t17-/m1/s1. The Balaban J connectivity index is 1.41. The minimum Gasteiger partial charge on any atom is -0.338 e. The maximum atomic E-state index is 13.1. The van der Waals surface area contributed by atoms with Crippen LogP contribution in [0.25, 0.3) is 27.3 Å². The number of hydrogen-bond donors (Lipinski definition) is 0. The monoisotopic (exact) mass is 454 g/mol. The number of nitrogens with zero attached hydrogens (tertiary/aromatic N) is 6. The highest BCUT2D eigenvalue weighted by Gasteiger charge is 2.31. The third-order valence-corrected chi connectivity index (χ3v) is 7.03. The SMILES string of the molecule is C[C@@H]1CN(c2nc3ccccc3c3nnc(-c4cccs4)n23)CCN1C(=O)c1ccccc1. The van der Waals surface area contributed by atoms with Gasteiger partial charge in [-0.1, -0.05) is 36.4 Å². The molecule has 2 aromatic carbocycles. The topological polar surface area (TPSA) is 66.6 Å². The van der Waals surface area contributed by atoms with Crippen LogP contribution < -0.4 is 4.90 Å². The average Bonchev–Trinajstić information content (AvgIpc) is 3.54. The molecule has 0 bridgehead atoms. The number of piperazine rings is 1. The van der Waals surface area contributed by atoms with Gasteiger partial charge in [-0.25, -0.2) is 9.38 Å². The molecule has 0 radical (unpaired) electrons. The number of hydrogen-bond acceptors (Lipinski definition) is 6. The Labute approximate surface area is 194 Å². The van der Waals surface area contributed by atoms with Gasteiger partial charge in [-0.05, 0) is 42.6 Å². The lowest BCUT2D eigenvalue weighted by Gasteiger charge is -2.40. The largest absolute Gasteiger partial charge is 0.338 e. The molecular formula is C25H22N6OS. The fourth-order valence-corrected chi connectivity index (χ4v) is 5.23. The molecule has 1 amide bonds. The van der Waals surface area contributed by atoms with Crippen molar-refractivity contribution in [3.63, 3.8) is 0 Å². The minimum atomic E-state index is 0.0384. The van der Waals surface area contributed by atoms with Crippen LogP contribution in [0.1, 0.15) is 17.3 Å². The summed E-state index contributed by atoms with van der Waals surface area (Å²) >= 11 is 1.64. The van der Waals surface area contributed by atoms with Crippen LogP contribution in [0.2, 0.25) is 0 Å². The molecule has 6 rings (SSSR count). The third kappa shape index (κ3) is 3.34. The molecule has 3 aromatic heterocycles. The van der Waals surface area contributed by atoms with E-state index in [9.17, 15) is 4.79 Å². The summed E-state index contributed by atoms with van der Waals surface area (Å²) in [5.74, 6) is 1.68. The van der Waals surface area contributed by atoms with E-state index in [1.807, 2.05) is 70.9 Å².